The van der Waals surface area contributed by atoms with Crippen LogP contribution in [0.1, 0.15) is 23.5 Å². The molecule has 1 aliphatic heterocycles. The number of hydrogen-bond acceptors (Lipinski definition) is 12. The maximum absolute atomic E-state index is 14.7. The number of anilines is 1. The second-order valence-corrected chi connectivity index (χ2v) is 11.3. The molecule has 238 valence electrons. The lowest BCUT2D eigenvalue weighted by molar-refractivity contribution is -0.138. The van der Waals surface area contributed by atoms with Crippen molar-refractivity contribution in [2.24, 2.45) is 0 Å². The van der Waals surface area contributed by atoms with E-state index in [-0.39, 0.29) is 39.8 Å². The molecule has 4 aromatic rings. The first-order valence-corrected chi connectivity index (χ1v) is 14.7. The molecule has 3 heterocycles. The van der Waals surface area contributed by atoms with Crippen LogP contribution in [0.3, 0.4) is 0 Å². The van der Waals surface area contributed by atoms with Crippen LogP contribution in [0.25, 0.3) is 11.2 Å². The number of aromatic nitrogens is 4. The minimum atomic E-state index is -3.89. The lowest BCUT2D eigenvalue weighted by atomic mass is 10.2. The number of fused-ring (bicyclic) bond motifs is 1. The zero-order chi connectivity index (χ0) is 32.7. The van der Waals surface area contributed by atoms with Crippen LogP contribution >= 0.6 is 7.52 Å². The third-order valence-electron chi connectivity index (χ3n) is 6.03. The van der Waals surface area contributed by atoms with Crippen molar-refractivity contribution in [3.63, 3.8) is 0 Å². The number of phenolic OH excluding ortho intramolecular Hbond substituents is 1. The molecule has 45 heavy (non-hydrogen) atoms. The van der Waals surface area contributed by atoms with E-state index >= 15 is 0 Å². The molecule has 16 nitrogen and oxygen atoms in total. The Kier molecular flexibility index (Phi) is 10.3. The van der Waals surface area contributed by atoms with Crippen molar-refractivity contribution < 1.29 is 52.6 Å². The molecule has 18 heteroatoms. The molecular formula is C27H28FN6O10P. The smallest absolute Gasteiger partial charge is 0.342 e. The number of nitrogens with zero attached hydrogens (tertiary/aromatic N) is 4. The molecule has 2 aromatic carbocycles. The van der Waals surface area contributed by atoms with Crippen LogP contribution in [0.5, 0.6) is 17.2 Å². The highest BCUT2D eigenvalue weighted by Crippen LogP contribution is 2.45. The highest BCUT2D eigenvalue weighted by atomic mass is 31.2. The molecule has 0 radical (unpaired) electrons. The van der Waals surface area contributed by atoms with Gasteiger partial charge in [0.25, 0.3) is 0 Å². The average Bonchev–Trinajstić information content (AvgIpc) is 3.60. The summed E-state index contributed by atoms with van der Waals surface area (Å²) >= 11 is 0. The number of halogens is 1. The van der Waals surface area contributed by atoms with Crippen molar-refractivity contribution in [1.82, 2.24) is 24.6 Å². The van der Waals surface area contributed by atoms with Gasteiger partial charge in [0.2, 0.25) is 0 Å². The van der Waals surface area contributed by atoms with Gasteiger partial charge in [-0.05, 0) is 37.3 Å². The van der Waals surface area contributed by atoms with Gasteiger partial charge in [-0.25, -0.2) is 29.2 Å². The first-order valence-electron chi connectivity index (χ1n) is 12.9. The fraction of sp³-hybridized carbons (Fsp3) is 0.222. The zero-order valence-electron chi connectivity index (χ0n) is 23.7. The number of benzene rings is 2. The van der Waals surface area contributed by atoms with E-state index in [1.54, 1.807) is 30.3 Å². The summed E-state index contributed by atoms with van der Waals surface area (Å²) in [4.78, 5) is 33.6. The predicted molar refractivity (Wildman–Crippen MR) is 155 cm³/mol. The number of rotatable bonds is 11. The topological polar surface area (TPSA) is 230 Å². The number of para-hydroxylation sites is 1. The maximum atomic E-state index is 14.7. The van der Waals surface area contributed by atoms with Crippen molar-refractivity contribution in [2.45, 2.75) is 25.5 Å². The fourth-order valence-corrected chi connectivity index (χ4v) is 5.53. The van der Waals surface area contributed by atoms with E-state index in [2.05, 4.69) is 20.0 Å². The Morgan fingerprint density at radius 2 is 1.91 bits per heavy atom. The minimum Gasteiger partial charge on any atom is -0.504 e. The van der Waals surface area contributed by atoms with Gasteiger partial charge in [-0.2, -0.15) is 0 Å². The summed E-state index contributed by atoms with van der Waals surface area (Å²) in [7, 11) is -2.53. The summed E-state index contributed by atoms with van der Waals surface area (Å²) in [5.74, 6) is -2.51. The van der Waals surface area contributed by atoms with Gasteiger partial charge < -0.3 is 39.8 Å². The van der Waals surface area contributed by atoms with Crippen molar-refractivity contribution in [2.75, 3.05) is 19.2 Å². The van der Waals surface area contributed by atoms with Crippen LogP contribution in [0.4, 0.5) is 10.2 Å². The largest absolute Gasteiger partial charge is 0.504 e. The number of aromatic carboxylic acids is 1. The number of methoxy groups -OCH3 is 1. The Bertz CT molecular complexity index is 1750. The quantitative estimate of drug-likeness (QED) is 0.147. The summed E-state index contributed by atoms with van der Waals surface area (Å²) < 4.78 is 50.6. The number of carbonyl (C=O) groups is 2. The normalized spacial score (nSPS) is 17.8. The number of nitrogens with two attached hydrogens (primary N) is 1. The molecule has 5 rings (SSSR count). The number of ether oxygens (including phenoxy) is 3. The van der Waals surface area contributed by atoms with Crippen LogP contribution in [-0.2, 0) is 18.8 Å². The third-order valence-corrected chi connectivity index (χ3v) is 7.80. The second-order valence-electron chi connectivity index (χ2n) is 9.25. The maximum Gasteiger partial charge on any atom is 0.342 e. The van der Waals surface area contributed by atoms with Crippen molar-refractivity contribution in [3.8, 4) is 17.2 Å². The Morgan fingerprint density at radius 3 is 2.58 bits per heavy atom. The molecule has 0 aliphatic carbocycles. The number of hydrogen-bond donors (Lipinski definition) is 5. The monoisotopic (exact) mass is 646 g/mol. The number of imidazole rings is 1. The summed E-state index contributed by atoms with van der Waals surface area (Å²) in [5, 5.41) is 29.3. The molecule has 0 amide bonds. The van der Waals surface area contributed by atoms with E-state index in [0.29, 0.717) is 0 Å². The number of aromatic hydroxyl groups is 1. The SMILES string of the molecule is COc1cc(C(=O)O)ccc1O.C[C@H](NP(=O)(CO[C@H]1C=C(F)[C@H](n2cnc3c(N)ncnc32)O1)Oc1ccccc1)C(=O)O. The molecule has 1 aliphatic rings. The van der Waals surface area contributed by atoms with E-state index in [9.17, 15) is 23.7 Å². The Labute approximate surface area is 254 Å². The lowest BCUT2D eigenvalue weighted by Crippen LogP contribution is -2.34. The third kappa shape index (κ3) is 8.10. The van der Waals surface area contributed by atoms with Gasteiger partial charge >= 0.3 is 19.5 Å². The number of aliphatic carboxylic acids is 1. The van der Waals surface area contributed by atoms with Gasteiger partial charge in [-0.1, -0.05) is 18.2 Å². The zero-order valence-corrected chi connectivity index (χ0v) is 24.6. The van der Waals surface area contributed by atoms with Crippen LogP contribution in [0.2, 0.25) is 0 Å². The van der Waals surface area contributed by atoms with Crippen LogP contribution < -0.4 is 20.1 Å². The molecule has 0 spiro atoms. The van der Waals surface area contributed by atoms with Gasteiger partial charge in [-0.3, -0.25) is 13.9 Å². The number of nitrogen functional groups attached to an aromatic ring is 1. The van der Waals surface area contributed by atoms with Crippen molar-refractivity contribution >= 4 is 36.4 Å². The van der Waals surface area contributed by atoms with Crippen molar-refractivity contribution in [1.29, 1.82) is 0 Å². The van der Waals surface area contributed by atoms with E-state index in [1.807, 2.05) is 0 Å². The Morgan fingerprint density at radius 1 is 1.18 bits per heavy atom. The van der Waals surface area contributed by atoms with Gasteiger partial charge in [-0.15, -0.1) is 0 Å². The standard InChI is InChI=1S/C19H20FN6O6P.C8H8O4/c1-11(19(27)28)25-33(29,32-12-5-3-2-4-6-12)10-30-14-7-13(20)18(31-14)26-9-24-15-16(21)22-8-23-17(15)26;1-12-7-4-5(8(10)11)2-3-6(7)9/h2-9,11,14,18H,10H2,1H3,(H,25,29)(H,27,28)(H2,21,22,23);2-4,9H,1H3,(H,10,11)/t11-,14+,18+,33?;/m0./s1. The fourth-order valence-electron chi connectivity index (χ4n) is 3.85. The number of carboxylic acids is 2. The van der Waals surface area contributed by atoms with E-state index in [4.69, 9.17) is 34.7 Å². The van der Waals surface area contributed by atoms with Crippen LogP contribution in [0.15, 0.2) is 73.1 Å². The summed E-state index contributed by atoms with van der Waals surface area (Å²) in [6.07, 6.45) is 0.494. The van der Waals surface area contributed by atoms with Crippen molar-refractivity contribution in [3.05, 3.63) is 78.7 Å². The van der Waals surface area contributed by atoms with E-state index in [1.165, 1.54) is 49.5 Å². The van der Waals surface area contributed by atoms with Crippen LogP contribution in [-0.4, -0.2) is 72.6 Å². The number of nitrogens with one attached hydrogen (secondary N) is 1. The molecule has 0 saturated carbocycles. The number of phenols is 1. The first-order chi connectivity index (χ1) is 21.4. The van der Waals surface area contributed by atoms with E-state index in [0.717, 1.165) is 6.08 Å². The summed E-state index contributed by atoms with van der Waals surface area (Å²) in [6.45, 7) is 1.31. The van der Waals surface area contributed by atoms with Crippen LogP contribution in [0, 0.1) is 0 Å². The molecular weight excluding hydrogens is 618 g/mol. The molecule has 0 bridgehead atoms. The first kappa shape index (κ1) is 32.8. The summed E-state index contributed by atoms with van der Waals surface area (Å²) in [6, 6.07) is 10.8. The number of carboxylic acid groups (broad SMARTS) is 2. The van der Waals surface area contributed by atoms with Gasteiger partial charge in [0.15, 0.2) is 47.7 Å². The molecule has 0 saturated heterocycles. The van der Waals surface area contributed by atoms with E-state index < -0.39 is 50.2 Å². The second kappa shape index (κ2) is 14.1. The molecule has 2 aromatic heterocycles. The highest BCUT2D eigenvalue weighted by Gasteiger charge is 2.35. The van der Waals surface area contributed by atoms with Gasteiger partial charge in [0.1, 0.15) is 23.6 Å². The predicted octanol–water partition coefficient (Wildman–Crippen LogP) is 3.52. The average molecular weight is 647 g/mol. The van der Waals surface area contributed by atoms with Gasteiger partial charge in [0, 0.05) is 6.08 Å². The lowest BCUT2D eigenvalue weighted by Gasteiger charge is -2.24. The Hall–Kier alpha value is -5.09. The summed E-state index contributed by atoms with van der Waals surface area (Å²) in [5.41, 5.74) is 6.38. The van der Waals surface area contributed by atoms with Gasteiger partial charge in [0.05, 0.1) is 19.0 Å². The molecule has 0 fully saturated rings. The molecule has 6 N–H and O–H groups in total. The minimum absolute atomic E-state index is 0.0671. The molecule has 4 atom stereocenters. The molecule has 1 unspecified atom stereocenters. The highest BCUT2D eigenvalue weighted by molar-refractivity contribution is 7.57. The Balaban J connectivity index is 0.000000323.